The topological polar surface area (TPSA) is 64.6 Å². The lowest BCUT2D eigenvalue weighted by Gasteiger charge is -2.36. The van der Waals surface area contributed by atoms with Gasteiger partial charge in [-0.25, -0.2) is 0 Å². The maximum absolute atomic E-state index is 11.5. The van der Waals surface area contributed by atoms with E-state index in [9.17, 15) is 9.59 Å². The van der Waals surface area contributed by atoms with Gasteiger partial charge in [0.15, 0.2) is 0 Å². The van der Waals surface area contributed by atoms with Crippen molar-refractivity contribution in [1.82, 2.24) is 5.32 Å². The number of carbonyl (C=O) groups is 2. The Morgan fingerprint density at radius 2 is 2.00 bits per heavy atom. The molecule has 1 aromatic rings. The van der Waals surface area contributed by atoms with Crippen LogP contribution >= 0.6 is 0 Å². The first-order valence-electron chi connectivity index (χ1n) is 6.25. The molecule has 1 fully saturated rings. The Balaban J connectivity index is 2.03. The number of methoxy groups -OCH3 is 1. The predicted molar refractivity (Wildman–Crippen MR) is 68.6 cm³/mol. The molecule has 0 saturated carbocycles. The molecule has 1 aliphatic rings. The third-order valence-corrected chi connectivity index (χ3v) is 3.20. The van der Waals surface area contributed by atoms with Gasteiger partial charge in [0.1, 0.15) is 5.75 Å². The van der Waals surface area contributed by atoms with Crippen LogP contribution in [0.15, 0.2) is 24.3 Å². The summed E-state index contributed by atoms with van der Waals surface area (Å²) >= 11 is 0. The Labute approximate surface area is 111 Å². The lowest BCUT2D eigenvalue weighted by atomic mass is 9.83. The second kappa shape index (κ2) is 5.73. The van der Waals surface area contributed by atoms with Crippen LogP contribution in [-0.4, -0.2) is 25.6 Å². The average Bonchev–Trinajstić information content (AvgIpc) is 2.43. The first-order valence-corrected chi connectivity index (χ1v) is 6.25. The van der Waals surface area contributed by atoms with E-state index in [0.29, 0.717) is 6.61 Å². The van der Waals surface area contributed by atoms with Gasteiger partial charge in [-0.15, -0.1) is 0 Å². The summed E-state index contributed by atoms with van der Waals surface area (Å²) in [6.07, 6.45) is 0.121. The van der Waals surface area contributed by atoms with E-state index in [1.54, 1.807) is 14.0 Å². The molecule has 0 unspecified atom stereocenters. The SMILES string of the molecule is CCOC(=O)C[C@H]1C(=O)N[C@@H]1c1ccc(OC)cc1. The number of amides is 1. The van der Waals surface area contributed by atoms with Crippen LogP contribution in [0.25, 0.3) is 0 Å². The van der Waals surface area contributed by atoms with E-state index in [1.165, 1.54) is 0 Å². The second-order valence-corrected chi connectivity index (χ2v) is 4.38. The van der Waals surface area contributed by atoms with Gasteiger partial charge in [-0.1, -0.05) is 12.1 Å². The van der Waals surface area contributed by atoms with Crippen LogP contribution in [0, 0.1) is 5.92 Å². The molecule has 0 aromatic heterocycles. The fourth-order valence-corrected chi connectivity index (χ4v) is 2.15. The van der Waals surface area contributed by atoms with Gasteiger partial charge in [-0.2, -0.15) is 0 Å². The first-order chi connectivity index (χ1) is 9.15. The van der Waals surface area contributed by atoms with E-state index >= 15 is 0 Å². The van der Waals surface area contributed by atoms with Crippen LogP contribution in [0.1, 0.15) is 24.9 Å². The molecule has 1 aliphatic heterocycles. The van der Waals surface area contributed by atoms with Gasteiger partial charge >= 0.3 is 5.97 Å². The van der Waals surface area contributed by atoms with Gasteiger partial charge in [0.05, 0.1) is 32.1 Å². The number of hydrogen-bond donors (Lipinski definition) is 1. The fourth-order valence-electron chi connectivity index (χ4n) is 2.15. The van der Waals surface area contributed by atoms with Gasteiger partial charge in [-0.3, -0.25) is 9.59 Å². The molecule has 5 nitrogen and oxygen atoms in total. The number of benzene rings is 1. The summed E-state index contributed by atoms with van der Waals surface area (Å²) in [6.45, 7) is 2.08. The van der Waals surface area contributed by atoms with Crippen LogP contribution in [0.5, 0.6) is 5.75 Å². The molecule has 19 heavy (non-hydrogen) atoms. The summed E-state index contributed by atoms with van der Waals surface area (Å²) < 4.78 is 9.96. The van der Waals surface area contributed by atoms with E-state index in [4.69, 9.17) is 9.47 Å². The van der Waals surface area contributed by atoms with Gasteiger partial charge in [0, 0.05) is 0 Å². The van der Waals surface area contributed by atoms with Crippen LogP contribution in [0.3, 0.4) is 0 Å². The smallest absolute Gasteiger partial charge is 0.306 e. The highest BCUT2D eigenvalue weighted by atomic mass is 16.5. The van der Waals surface area contributed by atoms with Crippen LogP contribution in [0.2, 0.25) is 0 Å². The number of carbonyl (C=O) groups excluding carboxylic acids is 2. The third-order valence-electron chi connectivity index (χ3n) is 3.20. The van der Waals surface area contributed by atoms with E-state index < -0.39 is 0 Å². The number of nitrogens with one attached hydrogen (secondary N) is 1. The van der Waals surface area contributed by atoms with Gasteiger partial charge in [0.2, 0.25) is 5.91 Å². The van der Waals surface area contributed by atoms with Crippen LogP contribution < -0.4 is 10.1 Å². The van der Waals surface area contributed by atoms with E-state index in [1.807, 2.05) is 24.3 Å². The summed E-state index contributed by atoms with van der Waals surface area (Å²) in [6, 6.07) is 7.33. The highest BCUT2D eigenvalue weighted by molar-refractivity contribution is 5.90. The first kappa shape index (κ1) is 13.4. The lowest BCUT2D eigenvalue weighted by Crippen LogP contribution is -2.52. The lowest BCUT2D eigenvalue weighted by molar-refractivity contribution is -0.150. The maximum Gasteiger partial charge on any atom is 0.306 e. The Morgan fingerprint density at radius 1 is 1.32 bits per heavy atom. The van der Waals surface area contributed by atoms with Gasteiger partial charge in [0.25, 0.3) is 0 Å². The predicted octanol–water partition coefficient (Wildman–Crippen LogP) is 1.44. The standard InChI is InChI=1S/C14H17NO4/c1-3-19-12(16)8-11-13(15-14(11)17)9-4-6-10(18-2)7-5-9/h4-7,11,13H,3,8H2,1-2H3,(H,15,17)/t11-,13-/m1/s1. The van der Waals surface area contributed by atoms with Crippen LogP contribution in [-0.2, 0) is 14.3 Å². The van der Waals surface area contributed by atoms with Crippen LogP contribution in [0.4, 0.5) is 0 Å². The van der Waals surface area contributed by atoms with Crippen molar-refractivity contribution in [3.05, 3.63) is 29.8 Å². The van der Waals surface area contributed by atoms with Crippen molar-refractivity contribution in [2.24, 2.45) is 5.92 Å². The van der Waals surface area contributed by atoms with Crippen molar-refractivity contribution in [3.63, 3.8) is 0 Å². The molecule has 0 aliphatic carbocycles. The number of hydrogen-bond acceptors (Lipinski definition) is 4. The molecule has 2 atom stereocenters. The minimum Gasteiger partial charge on any atom is -0.497 e. The highest BCUT2D eigenvalue weighted by Gasteiger charge is 2.41. The summed E-state index contributed by atoms with van der Waals surface area (Å²) in [7, 11) is 1.60. The number of ether oxygens (including phenoxy) is 2. The molecule has 0 spiro atoms. The normalized spacial score (nSPS) is 21.3. The molecular weight excluding hydrogens is 246 g/mol. The zero-order chi connectivity index (χ0) is 13.8. The van der Waals surface area contributed by atoms with E-state index in [2.05, 4.69) is 5.32 Å². The summed E-state index contributed by atoms with van der Waals surface area (Å²) in [5.41, 5.74) is 0.967. The fraction of sp³-hybridized carbons (Fsp3) is 0.429. The quantitative estimate of drug-likeness (QED) is 0.645. The number of rotatable bonds is 5. The molecule has 0 bridgehead atoms. The Bertz CT molecular complexity index is 469. The number of β-lactam (4-membered cyclic amide) rings is 1. The molecule has 1 saturated heterocycles. The maximum atomic E-state index is 11.5. The van der Waals surface area contributed by atoms with E-state index in [0.717, 1.165) is 11.3 Å². The van der Waals surface area contributed by atoms with Crippen molar-refractivity contribution < 1.29 is 19.1 Å². The molecule has 5 heteroatoms. The van der Waals surface area contributed by atoms with Crippen molar-refractivity contribution in [2.75, 3.05) is 13.7 Å². The molecule has 1 amide bonds. The molecule has 1 aromatic carbocycles. The van der Waals surface area contributed by atoms with Crippen molar-refractivity contribution in [3.8, 4) is 5.75 Å². The van der Waals surface area contributed by atoms with Crippen molar-refractivity contribution in [2.45, 2.75) is 19.4 Å². The minimum absolute atomic E-state index is 0.103. The molecular formula is C14H17NO4. The monoisotopic (exact) mass is 263 g/mol. The minimum atomic E-state index is -0.340. The third kappa shape index (κ3) is 2.86. The van der Waals surface area contributed by atoms with Gasteiger partial charge in [-0.05, 0) is 24.6 Å². The largest absolute Gasteiger partial charge is 0.497 e. The molecule has 1 N–H and O–H groups in total. The Kier molecular flexibility index (Phi) is 4.04. The molecule has 1 heterocycles. The van der Waals surface area contributed by atoms with Gasteiger partial charge < -0.3 is 14.8 Å². The van der Waals surface area contributed by atoms with E-state index in [-0.39, 0.29) is 30.3 Å². The van der Waals surface area contributed by atoms with Crippen molar-refractivity contribution >= 4 is 11.9 Å². The summed E-state index contributed by atoms with van der Waals surface area (Å²) in [5.74, 6) is -0.0153. The Morgan fingerprint density at radius 3 is 2.53 bits per heavy atom. The Hall–Kier alpha value is -2.04. The summed E-state index contributed by atoms with van der Waals surface area (Å²) in [5, 5.41) is 2.81. The molecule has 102 valence electrons. The van der Waals surface area contributed by atoms with Crippen molar-refractivity contribution in [1.29, 1.82) is 0 Å². The number of esters is 1. The summed E-state index contributed by atoms with van der Waals surface area (Å²) in [4.78, 5) is 23.0. The average molecular weight is 263 g/mol. The second-order valence-electron chi connectivity index (χ2n) is 4.38. The molecule has 0 radical (unpaired) electrons. The zero-order valence-electron chi connectivity index (χ0n) is 11.0. The molecule has 2 rings (SSSR count). The highest BCUT2D eigenvalue weighted by Crippen LogP contribution is 2.33. The zero-order valence-corrected chi connectivity index (χ0v) is 11.0.